The average Bonchev–Trinajstić information content (AvgIpc) is 2.94. The number of carbonyl (C=O) groups excluding carboxylic acids is 1. The molecule has 0 saturated heterocycles. The predicted molar refractivity (Wildman–Crippen MR) is 81.9 cm³/mol. The maximum absolute atomic E-state index is 12.2. The third-order valence-corrected chi connectivity index (χ3v) is 3.09. The van der Waals surface area contributed by atoms with E-state index in [0.29, 0.717) is 23.5 Å². The van der Waals surface area contributed by atoms with Gasteiger partial charge in [-0.1, -0.05) is 30.4 Å². The number of nitrogens with two attached hydrogens (primary N) is 1. The number of rotatable bonds is 5. The summed E-state index contributed by atoms with van der Waals surface area (Å²) >= 11 is 4.81. The van der Waals surface area contributed by atoms with Crippen molar-refractivity contribution in [1.29, 1.82) is 0 Å². The minimum Gasteiger partial charge on any atom is -0.393 e. The van der Waals surface area contributed by atoms with E-state index in [4.69, 9.17) is 18.0 Å². The molecule has 6 heteroatoms. The van der Waals surface area contributed by atoms with Crippen molar-refractivity contribution in [1.82, 2.24) is 14.7 Å². The molecule has 1 amide bonds. The van der Waals surface area contributed by atoms with Gasteiger partial charge in [0.1, 0.15) is 0 Å². The van der Waals surface area contributed by atoms with Gasteiger partial charge >= 0.3 is 0 Å². The first-order chi connectivity index (χ1) is 9.58. The molecule has 0 spiro atoms. The summed E-state index contributed by atoms with van der Waals surface area (Å²) in [4.78, 5) is 14.2. The number of aromatic nitrogens is 2. The van der Waals surface area contributed by atoms with Crippen molar-refractivity contribution in [3.05, 3.63) is 48.3 Å². The molecule has 0 unspecified atom stereocenters. The average molecular weight is 288 g/mol. The highest BCUT2D eigenvalue weighted by atomic mass is 32.1. The number of para-hydroxylation sites is 1. The number of amides is 1. The van der Waals surface area contributed by atoms with Gasteiger partial charge in [0.2, 0.25) is 0 Å². The minimum atomic E-state index is -0.0940. The summed E-state index contributed by atoms with van der Waals surface area (Å²) in [6.45, 7) is 0.505. The van der Waals surface area contributed by atoms with Gasteiger partial charge in [-0.25, -0.2) is 4.68 Å². The minimum absolute atomic E-state index is 0.0940. The van der Waals surface area contributed by atoms with Crippen LogP contribution in [-0.2, 0) is 0 Å². The summed E-state index contributed by atoms with van der Waals surface area (Å²) in [5.41, 5.74) is 6.89. The second-order valence-electron chi connectivity index (χ2n) is 4.45. The molecule has 20 heavy (non-hydrogen) atoms. The molecule has 1 heterocycles. The van der Waals surface area contributed by atoms with Gasteiger partial charge in [-0.2, -0.15) is 5.10 Å². The molecule has 0 atom stereocenters. The molecule has 0 radical (unpaired) electrons. The summed E-state index contributed by atoms with van der Waals surface area (Å²) in [7, 11) is 1.72. The van der Waals surface area contributed by atoms with E-state index in [0.717, 1.165) is 5.69 Å². The van der Waals surface area contributed by atoms with Crippen molar-refractivity contribution >= 4 is 23.1 Å². The zero-order valence-corrected chi connectivity index (χ0v) is 12.0. The molecule has 1 aromatic carbocycles. The quantitative estimate of drug-likeness (QED) is 0.849. The molecule has 104 valence electrons. The lowest BCUT2D eigenvalue weighted by molar-refractivity contribution is 0.0799. The van der Waals surface area contributed by atoms with Crippen LogP contribution >= 0.6 is 12.2 Å². The van der Waals surface area contributed by atoms with Crippen molar-refractivity contribution in [2.45, 2.75) is 6.42 Å². The topological polar surface area (TPSA) is 64.2 Å². The third-order valence-electron chi connectivity index (χ3n) is 2.89. The lowest BCUT2D eigenvalue weighted by Gasteiger charge is -2.15. The van der Waals surface area contributed by atoms with Crippen molar-refractivity contribution in [3.63, 3.8) is 0 Å². The van der Waals surface area contributed by atoms with Gasteiger partial charge in [0, 0.05) is 26.2 Å². The van der Waals surface area contributed by atoms with Crippen molar-refractivity contribution in [2.75, 3.05) is 13.6 Å². The summed E-state index contributed by atoms with van der Waals surface area (Å²) in [5, 5.41) is 4.20. The Morgan fingerprint density at radius 3 is 2.75 bits per heavy atom. The molecule has 2 N–H and O–H groups in total. The second-order valence-corrected chi connectivity index (χ2v) is 4.98. The zero-order valence-electron chi connectivity index (χ0n) is 11.2. The van der Waals surface area contributed by atoms with Crippen LogP contribution in [-0.4, -0.2) is 39.2 Å². The first kappa shape index (κ1) is 14.2. The molecule has 0 aliphatic rings. The van der Waals surface area contributed by atoms with E-state index in [-0.39, 0.29) is 5.91 Å². The molecule has 0 bridgehead atoms. The van der Waals surface area contributed by atoms with Crippen molar-refractivity contribution in [3.8, 4) is 5.69 Å². The molecule has 2 rings (SSSR count). The Hall–Kier alpha value is -2.21. The number of thiocarbonyl (C=S) groups is 1. The monoisotopic (exact) mass is 288 g/mol. The van der Waals surface area contributed by atoms with Crippen LogP contribution in [0.25, 0.3) is 5.69 Å². The summed E-state index contributed by atoms with van der Waals surface area (Å²) in [6, 6.07) is 9.64. The molecule has 5 nitrogen and oxygen atoms in total. The molecule has 1 aromatic heterocycles. The molecular weight excluding hydrogens is 272 g/mol. The van der Waals surface area contributed by atoms with Crippen LogP contribution in [0, 0.1) is 0 Å². The van der Waals surface area contributed by atoms with E-state index in [1.807, 2.05) is 30.3 Å². The first-order valence-corrected chi connectivity index (χ1v) is 6.62. The number of nitrogens with zero attached hydrogens (tertiary/aromatic N) is 3. The Labute approximate surface area is 123 Å². The van der Waals surface area contributed by atoms with Crippen LogP contribution in [0.15, 0.2) is 42.7 Å². The normalized spacial score (nSPS) is 10.2. The number of benzene rings is 1. The highest BCUT2D eigenvalue weighted by molar-refractivity contribution is 7.80. The molecule has 0 aliphatic carbocycles. The van der Waals surface area contributed by atoms with E-state index >= 15 is 0 Å². The predicted octanol–water partition coefficient (Wildman–Crippen LogP) is 1.62. The summed E-state index contributed by atoms with van der Waals surface area (Å²) in [5.74, 6) is -0.0940. The highest BCUT2D eigenvalue weighted by Crippen LogP contribution is 2.09. The Bertz CT molecular complexity index is 609. The van der Waals surface area contributed by atoms with E-state index < -0.39 is 0 Å². The lowest BCUT2D eigenvalue weighted by Crippen LogP contribution is -2.29. The van der Waals surface area contributed by atoms with Crippen LogP contribution in [0.2, 0.25) is 0 Å². The lowest BCUT2D eigenvalue weighted by atomic mass is 10.3. The van der Waals surface area contributed by atoms with Crippen LogP contribution in [0.3, 0.4) is 0 Å². The van der Waals surface area contributed by atoms with Gasteiger partial charge < -0.3 is 10.6 Å². The van der Waals surface area contributed by atoms with Crippen molar-refractivity contribution < 1.29 is 4.79 Å². The fourth-order valence-corrected chi connectivity index (χ4v) is 1.85. The van der Waals surface area contributed by atoms with Gasteiger partial charge in [-0.15, -0.1) is 0 Å². The summed E-state index contributed by atoms with van der Waals surface area (Å²) in [6.07, 6.45) is 3.80. The van der Waals surface area contributed by atoms with Gasteiger partial charge in [-0.3, -0.25) is 4.79 Å². The molecule has 2 aromatic rings. The molecule has 0 aliphatic heterocycles. The van der Waals surface area contributed by atoms with E-state index in [1.165, 1.54) is 0 Å². The van der Waals surface area contributed by atoms with E-state index in [2.05, 4.69) is 5.10 Å². The number of hydrogen-bond acceptors (Lipinski definition) is 3. The second kappa shape index (κ2) is 6.29. The molecule has 0 fully saturated rings. The standard InChI is InChI=1S/C14H16N4OS/c1-17(8-7-13(15)20)14(19)11-9-16-18(10-11)12-5-3-2-4-6-12/h2-6,9-10H,7-8H2,1H3,(H2,15,20). The third kappa shape index (κ3) is 3.42. The Kier molecular flexibility index (Phi) is 4.47. The Balaban J connectivity index is 2.08. The highest BCUT2D eigenvalue weighted by Gasteiger charge is 2.14. The van der Waals surface area contributed by atoms with Gasteiger partial charge in [-0.05, 0) is 12.1 Å². The van der Waals surface area contributed by atoms with Crippen molar-refractivity contribution in [2.24, 2.45) is 5.73 Å². The first-order valence-electron chi connectivity index (χ1n) is 6.22. The number of carbonyl (C=O) groups is 1. The maximum atomic E-state index is 12.2. The van der Waals surface area contributed by atoms with Crippen LogP contribution < -0.4 is 5.73 Å². The number of hydrogen-bond donors (Lipinski definition) is 1. The fraction of sp³-hybridized carbons (Fsp3) is 0.214. The van der Waals surface area contributed by atoms with Crippen LogP contribution in [0.1, 0.15) is 16.8 Å². The Morgan fingerprint density at radius 2 is 2.10 bits per heavy atom. The van der Waals surface area contributed by atoms with Crippen LogP contribution in [0.5, 0.6) is 0 Å². The zero-order chi connectivity index (χ0) is 14.5. The largest absolute Gasteiger partial charge is 0.393 e. The maximum Gasteiger partial charge on any atom is 0.256 e. The smallest absolute Gasteiger partial charge is 0.256 e. The van der Waals surface area contributed by atoms with Gasteiger partial charge in [0.15, 0.2) is 0 Å². The Morgan fingerprint density at radius 1 is 1.40 bits per heavy atom. The molecular formula is C14H16N4OS. The fourth-order valence-electron chi connectivity index (χ4n) is 1.76. The van der Waals surface area contributed by atoms with Gasteiger partial charge in [0.05, 0.1) is 22.4 Å². The van der Waals surface area contributed by atoms with Gasteiger partial charge in [0.25, 0.3) is 5.91 Å². The molecule has 0 saturated carbocycles. The van der Waals surface area contributed by atoms with Crippen LogP contribution in [0.4, 0.5) is 0 Å². The van der Waals surface area contributed by atoms with E-state index in [9.17, 15) is 4.79 Å². The SMILES string of the molecule is CN(CCC(N)=S)C(=O)c1cnn(-c2ccccc2)c1. The summed E-state index contributed by atoms with van der Waals surface area (Å²) < 4.78 is 1.68. The van der Waals surface area contributed by atoms with E-state index in [1.54, 1.807) is 29.0 Å².